The standard InChI is InChI=1S/C21H24F3N3O3S/c1-26(2)19-9-4-3-8-18(19)25-20(28)15-10-12-27(13-11-15)31(29,30)17-7-5-6-16(14-17)21(22,23)24/h3-9,14-15H,10-13H2,1-2H3,(H,25,28). The molecule has 1 amide bonds. The summed E-state index contributed by atoms with van der Waals surface area (Å²) in [6.45, 7) is 0.123. The van der Waals surface area contributed by atoms with Crippen molar-refractivity contribution in [3.63, 3.8) is 0 Å². The van der Waals surface area contributed by atoms with Crippen LogP contribution in [0.4, 0.5) is 24.5 Å². The highest BCUT2D eigenvalue weighted by Gasteiger charge is 2.35. The molecule has 31 heavy (non-hydrogen) atoms. The van der Waals surface area contributed by atoms with Gasteiger partial charge in [0.2, 0.25) is 15.9 Å². The minimum absolute atomic E-state index is 0.0615. The van der Waals surface area contributed by atoms with Crippen molar-refractivity contribution >= 4 is 27.3 Å². The highest BCUT2D eigenvalue weighted by atomic mass is 32.2. The molecule has 1 N–H and O–H groups in total. The maximum atomic E-state index is 12.9. The first-order valence-electron chi connectivity index (χ1n) is 9.75. The highest BCUT2D eigenvalue weighted by molar-refractivity contribution is 7.89. The molecule has 1 aliphatic rings. The molecule has 0 aliphatic carbocycles. The number of nitrogens with zero attached hydrogens (tertiary/aromatic N) is 2. The fourth-order valence-corrected chi connectivity index (χ4v) is 5.06. The van der Waals surface area contributed by atoms with E-state index in [0.29, 0.717) is 11.8 Å². The van der Waals surface area contributed by atoms with Crippen molar-refractivity contribution in [2.45, 2.75) is 23.9 Å². The summed E-state index contributed by atoms with van der Waals surface area (Å²) < 4.78 is 65.6. The van der Waals surface area contributed by atoms with E-state index in [0.717, 1.165) is 28.2 Å². The smallest absolute Gasteiger partial charge is 0.376 e. The third kappa shape index (κ3) is 5.19. The maximum absolute atomic E-state index is 12.9. The number of anilines is 2. The summed E-state index contributed by atoms with van der Waals surface area (Å²) in [7, 11) is -0.349. The van der Waals surface area contributed by atoms with Gasteiger partial charge in [0.1, 0.15) is 0 Å². The van der Waals surface area contributed by atoms with E-state index in [9.17, 15) is 26.4 Å². The van der Waals surface area contributed by atoms with Crippen molar-refractivity contribution in [1.29, 1.82) is 0 Å². The van der Waals surface area contributed by atoms with Gasteiger partial charge in [-0.3, -0.25) is 4.79 Å². The number of sulfonamides is 1. The van der Waals surface area contributed by atoms with E-state index in [1.165, 1.54) is 0 Å². The molecule has 1 saturated heterocycles. The van der Waals surface area contributed by atoms with E-state index >= 15 is 0 Å². The molecule has 6 nitrogen and oxygen atoms in total. The minimum Gasteiger partial charge on any atom is -0.376 e. The first-order chi connectivity index (χ1) is 14.5. The highest BCUT2D eigenvalue weighted by Crippen LogP contribution is 2.32. The number of carbonyl (C=O) groups is 1. The Morgan fingerprint density at radius 2 is 1.71 bits per heavy atom. The molecule has 1 aliphatic heterocycles. The average Bonchev–Trinajstić information content (AvgIpc) is 2.73. The Kier molecular flexibility index (Phi) is 6.61. The van der Waals surface area contributed by atoms with Gasteiger partial charge in [0.15, 0.2) is 0 Å². The van der Waals surface area contributed by atoms with Gasteiger partial charge in [-0.2, -0.15) is 17.5 Å². The van der Waals surface area contributed by atoms with E-state index in [1.54, 1.807) is 6.07 Å². The number of amides is 1. The van der Waals surface area contributed by atoms with Crippen molar-refractivity contribution in [2.24, 2.45) is 5.92 Å². The van der Waals surface area contributed by atoms with Crippen molar-refractivity contribution in [2.75, 3.05) is 37.4 Å². The Hall–Kier alpha value is -2.59. The Labute approximate surface area is 179 Å². The topological polar surface area (TPSA) is 69.7 Å². The number of para-hydroxylation sites is 2. The second-order valence-corrected chi connectivity index (χ2v) is 9.54. The van der Waals surface area contributed by atoms with Crippen LogP contribution in [0.25, 0.3) is 0 Å². The third-order valence-corrected chi connectivity index (χ3v) is 7.16. The molecule has 10 heteroatoms. The molecule has 0 spiro atoms. The number of piperidine rings is 1. The first-order valence-corrected chi connectivity index (χ1v) is 11.2. The largest absolute Gasteiger partial charge is 0.416 e. The Bertz CT molecular complexity index is 1050. The molecule has 2 aromatic carbocycles. The van der Waals surface area contributed by atoms with Gasteiger partial charge in [-0.1, -0.05) is 18.2 Å². The fourth-order valence-electron chi connectivity index (χ4n) is 3.54. The molecule has 1 heterocycles. The van der Waals surface area contributed by atoms with E-state index in [4.69, 9.17) is 0 Å². The number of hydrogen-bond acceptors (Lipinski definition) is 4. The number of alkyl halides is 3. The molecule has 168 valence electrons. The summed E-state index contributed by atoms with van der Waals surface area (Å²) >= 11 is 0. The molecule has 0 atom stereocenters. The third-order valence-electron chi connectivity index (χ3n) is 5.27. The second kappa shape index (κ2) is 8.88. The SMILES string of the molecule is CN(C)c1ccccc1NC(=O)C1CCN(S(=O)(=O)c2cccc(C(F)(F)F)c2)CC1. The monoisotopic (exact) mass is 455 g/mol. The fraction of sp³-hybridized carbons (Fsp3) is 0.381. The van der Waals surface area contributed by atoms with Crippen molar-refractivity contribution in [3.05, 3.63) is 54.1 Å². The Morgan fingerprint density at radius 1 is 1.06 bits per heavy atom. The molecule has 2 aromatic rings. The van der Waals surface area contributed by atoms with Crippen LogP contribution in [0.2, 0.25) is 0 Å². The lowest BCUT2D eigenvalue weighted by Crippen LogP contribution is -2.41. The Balaban J connectivity index is 1.67. The lowest BCUT2D eigenvalue weighted by Gasteiger charge is -2.31. The summed E-state index contributed by atoms with van der Waals surface area (Å²) in [6.07, 6.45) is -4.05. The summed E-state index contributed by atoms with van der Waals surface area (Å²) in [6, 6.07) is 11.1. The van der Waals surface area contributed by atoms with Crippen LogP contribution in [0.1, 0.15) is 18.4 Å². The predicted molar refractivity (Wildman–Crippen MR) is 112 cm³/mol. The van der Waals surface area contributed by atoms with Crippen LogP contribution < -0.4 is 10.2 Å². The molecule has 0 unspecified atom stereocenters. The van der Waals surface area contributed by atoms with Gasteiger partial charge in [0.25, 0.3) is 0 Å². The molecule has 0 aromatic heterocycles. The van der Waals surface area contributed by atoms with Crippen LogP contribution in [0, 0.1) is 5.92 Å². The summed E-state index contributed by atoms with van der Waals surface area (Å²) in [5, 5.41) is 2.90. The molecule has 0 radical (unpaired) electrons. The van der Waals surface area contributed by atoms with E-state index < -0.39 is 26.7 Å². The first kappa shape index (κ1) is 23.1. The van der Waals surface area contributed by atoms with Crippen LogP contribution >= 0.6 is 0 Å². The summed E-state index contributed by atoms with van der Waals surface area (Å²) in [4.78, 5) is 14.2. The average molecular weight is 456 g/mol. The summed E-state index contributed by atoms with van der Waals surface area (Å²) in [5.74, 6) is -0.589. The van der Waals surface area contributed by atoms with Gasteiger partial charge in [-0.05, 0) is 43.2 Å². The van der Waals surface area contributed by atoms with Gasteiger partial charge in [0, 0.05) is 33.1 Å². The van der Waals surface area contributed by atoms with Crippen LogP contribution in [-0.2, 0) is 21.0 Å². The van der Waals surface area contributed by atoms with Crippen molar-refractivity contribution < 1.29 is 26.4 Å². The van der Waals surface area contributed by atoms with Crippen LogP contribution in [0.3, 0.4) is 0 Å². The van der Waals surface area contributed by atoms with Gasteiger partial charge < -0.3 is 10.2 Å². The molecule has 3 rings (SSSR count). The van der Waals surface area contributed by atoms with E-state index in [-0.39, 0.29) is 37.8 Å². The molecular formula is C21H24F3N3O3S. The van der Waals surface area contributed by atoms with Crippen LogP contribution in [-0.4, -0.2) is 45.8 Å². The number of nitrogens with one attached hydrogen (secondary N) is 1. The predicted octanol–water partition coefficient (Wildman–Crippen LogP) is 3.81. The van der Waals surface area contributed by atoms with E-state index in [2.05, 4.69) is 5.32 Å². The van der Waals surface area contributed by atoms with Gasteiger partial charge in [0.05, 0.1) is 21.8 Å². The Morgan fingerprint density at radius 3 is 2.32 bits per heavy atom. The number of halogens is 3. The van der Waals surface area contributed by atoms with Crippen molar-refractivity contribution in [1.82, 2.24) is 4.31 Å². The van der Waals surface area contributed by atoms with Crippen molar-refractivity contribution in [3.8, 4) is 0 Å². The van der Waals surface area contributed by atoms with Crippen LogP contribution in [0.15, 0.2) is 53.4 Å². The minimum atomic E-state index is -4.63. The maximum Gasteiger partial charge on any atom is 0.416 e. The molecule has 1 fully saturated rings. The normalized spacial score (nSPS) is 16.2. The zero-order valence-electron chi connectivity index (χ0n) is 17.2. The molecular weight excluding hydrogens is 431 g/mol. The molecule has 0 saturated carbocycles. The van der Waals surface area contributed by atoms with Gasteiger partial charge >= 0.3 is 6.18 Å². The second-order valence-electron chi connectivity index (χ2n) is 7.60. The lowest BCUT2D eigenvalue weighted by molar-refractivity contribution is -0.137. The molecule has 0 bridgehead atoms. The van der Waals surface area contributed by atoms with E-state index in [1.807, 2.05) is 37.2 Å². The number of benzene rings is 2. The number of rotatable bonds is 5. The number of carbonyl (C=O) groups excluding carboxylic acids is 1. The quantitative estimate of drug-likeness (QED) is 0.745. The zero-order valence-corrected chi connectivity index (χ0v) is 18.0. The zero-order chi connectivity index (χ0) is 22.8. The number of hydrogen-bond donors (Lipinski definition) is 1. The van der Waals surface area contributed by atoms with Gasteiger partial charge in [-0.15, -0.1) is 0 Å². The summed E-state index contributed by atoms with van der Waals surface area (Å²) in [5.41, 5.74) is 0.499. The van der Waals surface area contributed by atoms with Gasteiger partial charge in [-0.25, -0.2) is 8.42 Å². The van der Waals surface area contributed by atoms with Crippen LogP contribution in [0.5, 0.6) is 0 Å². The lowest BCUT2D eigenvalue weighted by atomic mass is 9.97.